The number of primary amides is 1. The average molecular weight is 1650 g/mol. The molecule has 1 aliphatic heterocycles. The molecule has 0 radical (unpaired) electrons. The number of halogens is 3. The van der Waals surface area contributed by atoms with Crippen LogP contribution in [0.3, 0.4) is 0 Å². The number of carboxylic acids is 1. The van der Waals surface area contributed by atoms with Gasteiger partial charge in [-0.3, -0.25) is 57.7 Å². The number of alkyl carbamates (subject to hydrolysis) is 2. The maximum atomic E-state index is 15.8. The predicted molar refractivity (Wildman–Crippen MR) is 409 cm³/mol. The lowest BCUT2D eigenvalue weighted by molar-refractivity contribution is -0.192. The molecule has 1 fully saturated rings. The smallest absolute Gasteiger partial charge is 0.475 e. The third kappa shape index (κ3) is 37.1. The summed E-state index contributed by atoms with van der Waals surface area (Å²) in [5, 5.41) is 81.1. The molecule has 0 bridgehead atoms. The van der Waals surface area contributed by atoms with Crippen molar-refractivity contribution in [1.29, 1.82) is 0 Å². The summed E-state index contributed by atoms with van der Waals surface area (Å²) in [7, 11) is 0. The fourth-order valence-electron chi connectivity index (χ4n) is 10.9. The Morgan fingerprint density at radius 1 is 0.638 bits per heavy atom. The first-order chi connectivity index (χ1) is 53.9. The van der Waals surface area contributed by atoms with Gasteiger partial charge in [-0.1, -0.05) is 129 Å². The van der Waals surface area contributed by atoms with Crippen LogP contribution in [0.15, 0.2) is 65.7 Å². The molecule has 2 unspecified atom stereocenters. The van der Waals surface area contributed by atoms with Crippen molar-refractivity contribution >= 4 is 95.1 Å². The van der Waals surface area contributed by atoms with Crippen molar-refractivity contribution in [3.63, 3.8) is 0 Å². The van der Waals surface area contributed by atoms with E-state index in [-0.39, 0.29) is 82.6 Å². The highest BCUT2D eigenvalue weighted by Gasteiger charge is 2.45. The van der Waals surface area contributed by atoms with Gasteiger partial charge in [0, 0.05) is 13.1 Å². The minimum absolute atomic E-state index is 0.00363. The first-order valence-corrected chi connectivity index (χ1v) is 37.4. The average Bonchev–Trinajstić information content (AvgIpc) is 0.806. The maximum Gasteiger partial charge on any atom is 0.490 e. The van der Waals surface area contributed by atoms with Crippen LogP contribution in [-0.2, 0) is 83.1 Å². The van der Waals surface area contributed by atoms with Gasteiger partial charge in [0.1, 0.15) is 66.6 Å². The number of hydrogen-bond donors (Lipinski definition) is 20. The monoisotopic (exact) mass is 1650 g/mol. The van der Waals surface area contributed by atoms with E-state index in [2.05, 4.69) is 58.2 Å². The number of nitrogens with one attached hydrogen (secondary N) is 12. The predicted octanol–water partition coefficient (Wildman–Crippen LogP) is -1.79. The van der Waals surface area contributed by atoms with E-state index in [9.17, 15) is 86.3 Å². The van der Waals surface area contributed by atoms with E-state index in [0.29, 0.717) is 5.56 Å². The Kier molecular flexibility index (Phi) is 42.2. The number of unbranched alkanes of at least 4 members (excludes halogenated alkanes) is 1. The number of aliphatic hydroxyl groups excluding tert-OH is 4. The van der Waals surface area contributed by atoms with Crippen molar-refractivity contribution in [3.8, 4) is 0 Å². The van der Waals surface area contributed by atoms with Gasteiger partial charge in [-0.2, -0.15) is 13.2 Å². The van der Waals surface area contributed by atoms with E-state index in [1.165, 1.54) is 44.2 Å². The fraction of sp³-hybridized carbons (Fsp3) is 0.622. The number of nitrogens with two attached hydrogens (primary N) is 3. The zero-order valence-corrected chi connectivity index (χ0v) is 67.2. The van der Waals surface area contributed by atoms with Gasteiger partial charge in [0.2, 0.25) is 65.0 Å². The standard InChI is InChI=1S/C72H114N16O21.C2HF3O2/c1-14-39(6)49-63(100)86-50(40(7)90)62(99)78-34-48(91)84-52(55(93)57(73)94)65(102)82-47(35-89)67(104)108-56(42-26-19-16-20-27-42)53(66(103)87-51(54(92)38(4)5)64(101)81-45(32-37(2)3)60(97)79-44(58(95)85-49)29-23-31-76-68(74)75)88-59(96)43(28-21-22-30-77-69(105)107-36-41-24-17-15-18-25-41)80-61(98)46(33-71(8,9)10)83-70(106)109-72(11,12)13;3-2(4,5)1(6)7/h15-20,24-27,37-40,43-47,49-56,89-90,92-93H,14,21-23,28-36H2,1-13H3,(H2,73,94)(H,77,105)(H,78,99)(H,79,97)(H,80,98)(H,81,101)(H,82,102)(H,83,106)(H,84,91)(H,85,95)(H,86,100)(H,87,103)(H,88,96)(H4,74,75,76);(H,6,7)/t39-,40-,43-,44+,45-,46+,47-,49?,50?,51-,52-,53-,54+,55-,56+;/m0./s1. The Morgan fingerprint density at radius 3 is 1.71 bits per heavy atom. The molecule has 15 atom stereocenters. The fourth-order valence-corrected chi connectivity index (χ4v) is 10.9. The Hall–Kier alpha value is -11.0. The molecule has 0 spiro atoms. The number of ether oxygens (including phenoxy) is 3. The number of benzene rings is 2. The van der Waals surface area contributed by atoms with Crippen LogP contribution in [-0.4, -0.2) is 237 Å². The van der Waals surface area contributed by atoms with Crippen LogP contribution in [0.4, 0.5) is 22.8 Å². The molecule has 0 aromatic heterocycles. The van der Waals surface area contributed by atoms with Gasteiger partial charge < -0.3 is 121 Å². The lowest BCUT2D eigenvalue weighted by atomic mass is 9.87. The summed E-state index contributed by atoms with van der Waals surface area (Å²) in [6.45, 7) is 17.9. The number of hydrogen-bond acceptors (Lipinski definition) is 23. The molecule has 650 valence electrons. The Bertz CT molecular complexity index is 3660. The van der Waals surface area contributed by atoms with Gasteiger partial charge in [-0.05, 0) is 107 Å². The first kappa shape index (κ1) is 101. The molecule has 0 saturated carbocycles. The number of carbonyl (C=O) groups excluding carboxylic acids is 14. The minimum Gasteiger partial charge on any atom is -0.475 e. The van der Waals surface area contributed by atoms with Gasteiger partial charge in [0.15, 0.2) is 24.2 Å². The third-order valence-corrected chi connectivity index (χ3v) is 17.1. The van der Waals surface area contributed by atoms with Crippen molar-refractivity contribution in [3.05, 3.63) is 71.8 Å². The highest BCUT2D eigenvalue weighted by molar-refractivity contribution is 6.00. The van der Waals surface area contributed by atoms with Gasteiger partial charge in [-0.25, -0.2) is 19.2 Å². The van der Waals surface area contributed by atoms with Crippen LogP contribution >= 0.6 is 0 Å². The number of cyclic esters (lactones) is 1. The van der Waals surface area contributed by atoms with Gasteiger partial charge >= 0.3 is 30.3 Å². The number of nitrogens with zero attached hydrogens (tertiary/aromatic N) is 1. The van der Waals surface area contributed by atoms with Crippen LogP contribution in [0.5, 0.6) is 0 Å². The number of aliphatic carboxylic acids is 1. The molecule has 1 heterocycles. The molecule has 42 heteroatoms. The number of alkyl halides is 3. The van der Waals surface area contributed by atoms with Crippen LogP contribution in [0.25, 0.3) is 0 Å². The van der Waals surface area contributed by atoms with Gasteiger partial charge in [0.25, 0.3) is 0 Å². The number of carboxylic acid groups (broad SMARTS) is 1. The lowest BCUT2D eigenvalue weighted by Gasteiger charge is -2.34. The Labute approximate surface area is 669 Å². The number of amides is 13. The Balaban J connectivity index is 0.00000621. The molecule has 0 aliphatic carbocycles. The molecule has 116 heavy (non-hydrogen) atoms. The second-order valence-electron chi connectivity index (χ2n) is 30.4. The van der Waals surface area contributed by atoms with E-state index in [1.54, 1.807) is 99.6 Å². The summed E-state index contributed by atoms with van der Waals surface area (Å²) in [6.07, 6.45) is -15.8. The molecular weight excluding hydrogens is 1540 g/mol. The Morgan fingerprint density at radius 2 is 1.18 bits per heavy atom. The van der Waals surface area contributed by atoms with Crippen molar-refractivity contribution in [2.75, 3.05) is 26.2 Å². The summed E-state index contributed by atoms with van der Waals surface area (Å²) in [5.41, 5.74) is 15.4. The second kappa shape index (κ2) is 48.4. The minimum atomic E-state index is -5.08. The molecule has 1 aliphatic rings. The quantitative estimate of drug-likeness (QED) is 0.0147. The highest BCUT2D eigenvalue weighted by Crippen LogP contribution is 2.26. The van der Waals surface area contributed by atoms with Gasteiger partial charge in [0.05, 0.1) is 25.4 Å². The van der Waals surface area contributed by atoms with Crippen molar-refractivity contribution in [1.82, 2.24) is 63.8 Å². The lowest BCUT2D eigenvalue weighted by Crippen LogP contribution is -2.64. The van der Waals surface area contributed by atoms with Crippen LogP contribution in [0, 0.1) is 23.2 Å². The van der Waals surface area contributed by atoms with E-state index in [4.69, 9.17) is 41.3 Å². The summed E-state index contributed by atoms with van der Waals surface area (Å²) in [5.74, 6) is -20.6. The molecule has 2 aromatic rings. The molecule has 3 rings (SSSR count). The first-order valence-electron chi connectivity index (χ1n) is 37.4. The third-order valence-electron chi connectivity index (χ3n) is 17.1. The topological polar surface area (TPSA) is 620 Å². The number of aliphatic imine (C=N–C) groups is 1. The number of esters is 1. The summed E-state index contributed by atoms with van der Waals surface area (Å²) >= 11 is 0. The number of aliphatic hydroxyl groups is 4. The normalized spacial score (nSPS) is 21.8. The SMILES string of the molecule is CC[C@H](C)C1NC(=O)[C@@H](CCCN=C(N)N)NC(=O)[C@H](CC(C)C)NC(=O)[C@H]([C@H](O)C(C)C)NC(=O)[C@@H](NC(=O)[C@H](CCCCNC(=O)OCc2ccccc2)NC(=O)[C@@H](CC(C)(C)C)NC(=O)OC(C)(C)C)[C@@H](c2ccccc2)OC(=O)[C@H](CO)NC(=O)[C@H]([C@H](O)C(N)=O)NC(=O)CNC(=O)C([C@H](C)O)NC1=O.O=C(O)C(F)(F)F. The van der Waals surface area contributed by atoms with E-state index in [1.807, 2.05) is 10.6 Å². The van der Waals surface area contributed by atoms with E-state index < -0.39 is 222 Å². The molecule has 39 nitrogen and oxygen atoms in total. The van der Waals surface area contributed by atoms with Crippen molar-refractivity contribution < 1.29 is 125 Å². The number of carbonyl (C=O) groups is 15. The van der Waals surface area contributed by atoms with Crippen LogP contribution in [0.1, 0.15) is 159 Å². The van der Waals surface area contributed by atoms with E-state index in [0.717, 1.165) is 6.92 Å². The number of rotatable bonds is 28. The van der Waals surface area contributed by atoms with Crippen LogP contribution in [0.2, 0.25) is 0 Å². The molecule has 2 aromatic carbocycles. The number of guanidine groups is 1. The van der Waals surface area contributed by atoms with Gasteiger partial charge in [-0.15, -0.1) is 0 Å². The molecule has 23 N–H and O–H groups in total. The zero-order chi connectivity index (χ0) is 88.3. The maximum absolute atomic E-state index is 15.8. The molecule has 1 saturated heterocycles. The summed E-state index contributed by atoms with van der Waals surface area (Å²) in [4.78, 5) is 213. The van der Waals surface area contributed by atoms with Crippen molar-refractivity contribution in [2.45, 2.75) is 245 Å². The second-order valence-corrected chi connectivity index (χ2v) is 30.4. The van der Waals surface area contributed by atoms with E-state index >= 15 is 14.4 Å². The van der Waals surface area contributed by atoms with Crippen LogP contribution < -0.4 is 81.0 Å². The summed E-state index contributed by atoms with van der Waals surface area (Å²) < 4.78 is 48.6. The summed E-state index contributed by atoms with van der Waals surface area (Å²) in [6, 6.07) is -3.36. The van der Waals surface area contributed by atoms with Crippen molar-refractivity contribution in [2.24, 2.45) is 45.4 Å². The highest BCUT2D eigenvalue weighted by atomic mass is 19.4. The zero-order valence-electron chi connectivity index (χ0n) is 67.2. The molecule has 13 amide bonds. The molecular formula is C74H115F3N16O23. The largest absolute Gasteiger partial charge is 0.490 e.